The number of ether oxygens (including phenoxy) is 1. The van der Waals surface area contributed by atoms with Gasteiger partial charge in [-0.05, 0) is 43.7 Å². The molecule has 0 amide bonds. The minimum atomic E-state index is -0.754. The molecule has 1 aromatic carbocycles. The van der Waals surface area contributed by atoms with Crippen molar-refractivity contribution in [3.63, 3.8) is 0 Å². The number of pyridine rings is 1. The van der Waals surface area contributed by atoms with Crippen molar-refractivity contribution in [3.8, 4) is 6.07 Å². The maximum Gasteiger partial charge on any atom is 0.340 e. The average Bonchev–Trinajstić information content (AvgIpc) is 2.52. The number of nitrogens with zero attached hydrogens (tertiary/aromatic N) is 2. The van der Waals surface area contributed by atoms with E-state index in [4.69, 9.17) is 15.0 Å². The molecule has 2 aromatic rings. The van der Waals surface area contributed by atoms with Gasteiger partial charge in [0.1, 0.15) is 6.07 Å². The molecular formula is C18H18N2O2. The predicted molar refractivity (Wildman–Crippen MR) is 83.4 cm³/mol. The third-order valence-electron chi connectivity index (χ3n) is 4.18. The molecule has 4 heteroatoms. The lowest BCUT2D eigenvalue weighted by Crippen LogP contribution is -2.21. The van der Waals surface area contributed by atoms with Crippen LogP contribution in [0.1, 0.15) is 41.9 Å². The largest absolute Gasteiger partial charge is 0.444 e. The normalized spacial score (nSPS) is 18.3. The van der Waals surface area contributed by atoms with E-state index in [0.717, 1.165) is 41.4 Å². The number of esters is 1. The van der Waals surface area contributed by atoms with E-state index in [2.05, 4.69) is 6.92 Å². The molecule has 0 fully saturated rings. The zero-order valence-corrected chi connectivity index (χ0v) is 12.8. The number of rotatable bonds is 2. The van der Waals surface area contributed by atoms with E-state index >= 15 is 0 Å². The van der Waals surface area contributed by atoms with Gasteiger partial charge < -0.3 is 4.74 Å². The Labute approximate surface area is 129 Å². The Morgan fingerprint density at radius 3 is 3.00 bits per heavy atom. The molecule has 0 saturated carbocycles. The van der Waals surface area contributed by atoms with E-state index in [1.165, 1.54) is 0 Å². The van der Waals surface area contributed by atoms with Gasteiger partial charge in [-0.25, -0.2) is 4.79 Å². The number of hydrogen-bond donors (Lipinski definition) is 0. The summed E-state index contributed by atoms with van der Waals surface area (Å²) >= 11 is 0. The third kappa shape index (κ3) is 2.55. The Balaban J connectivity index is 2.19. The molecule has 1 heterocycles. The molecule has 0 bridgehead atoms. The van der Waals surface area contributed by atoms with E-state index in [1.54, 1.807) is 6.92 Å². The van der Waals surface area contributed by atoms with Crippen molar-refractivity contribution < 1.29 is 9.53 Å². The highest BCUT2D eigenvalue weighted by molar-refractivity contribution is 6.05. The highest BCUT2D eigenvalue weighted by atomic mass is 16.5. The van der Waals surface area contributed by atoms with Crippen molar-refractivity contribution in [2.45, 2.75) is 39.2 Å². The third-order valence-corrected chi connectivity index (χ3v) is 4.18. The molecule has 2 atom stereocenters. The number of nitriles is 1. The van der Waals surface area contributed by atoms with E-state index in [-0.39, 0.29) is 0 Å². The first-order valence-corrected chi connectivity index (χ1v) is 7.61. The molecule has 4 nitrogen and oxygen atoms in total. The smallest absolute Gasteiger partial charge is 0.340 e. The average molecular weight is 294 g/mol. The first-order chi connectivity index (χ1) is 10.6. The molecule has 112 valence electrons. The molecule has 0 saturated heterocycles. The number of aromatic nitrogens is 1. The van der Waals surface area contributed by atoms with Crippen LogP contribution in [0.25, 0.3) is 10.9 Å². The molecule has 3 rings (SSSR count). The van der Waals surface area contributed by atoms with Crippen LogP contribution >= 0.6 is 0 Å². The van der Waals surface area contributed by atoms with E-state index in [0.29, 0.717) is 11.5 Å². The SMILES string of the molecule is C[C@H]1CCc2nc3ccccc3c(C(=O)O[C@H](C)C#N)c2C1. The molecule has 1 aromatic heterocycles. The molecule has 0 spiro atoms. The van der Waals surface area contributed by atoms with Gasteiger partial charge in [0.05, 0.1) is 11.1 Å². The lowest BCUT2D eigenvalue weighted by molar-refractivity contribution is 0.0436. The number of benzene rings is 1. The summed E-state index contributed by atoms with van der Waals surface area (Å²) in [6.45, 7) is 3.77. The van der Waals surface area contributed by atoms with Gasteiger partial charge in [0.15, 0.2) is 6.10 Å². The summed E-state index contributed by atoms with van der Waals surface area (Å²) in [4.78, 5) is 17.3. The minimum absolute atomic E-state index is 0.419. The van der Waals surface area contributed by atoms with Crippen molar-refractivity contribution in [3.05, 3.63) is 41.1 Å². The first-order valence-electron chi connectivity index (χ1n) is 7.61. The summed E-state index contributed by atoms with van der Waals surface area (Å²) in [6.07, 6.45) is 2.05. The fourth-order valence-corrected chi connectivity index (χ4v) is 3.04. The number of hydrogen-bond acceptors (Lipinski definition) is 4. The monoisotopic (exact) mass is 294 g/mol. The Hall–Kier alpha value is -2.41. The summed E-state index contributed by atoms with van der Waals surface area (Å²) in [5.41, 5.74) is 3.39. The maximum atomic E-state index is 12.6. The number of carbonyl (C=O) groups is 1. The van der Waals surface area contributed by atoms with Crippen LogP contribution in [0.2, 0.25) is 0 Å². The van der Waals surface area contributed by atoms with Crippen LogP contribution in [0.3, 0.4) is 0 Å². The van der Waals surface area contributed by atoms with Crippen molar-refractivity contribution in [2.75, 3.05) is 0 Å². The second-order valence-electron chi connectivity index (χ2n) is 5.95. The Bertz CT molecular complexity index is 776. The van der Waals surface area contributed by atoms with Crippen LogP contribution in [0, 0.1) is 17.2 Å². The summed E-state index contributed by atoms with van der Waals surface area (Å²) in [5, 5.41) is 9.70. The highest BCUT2D eigenvalue weighted by Gasteiger charge is 2.26. The number of carbonyl (C=O) groups excluding carboxylic acids is 1. The van der Waals surface area contributed by atoms with Gasteiger partial charge >= 0.3 is 5.97 Å². The summed E-state index contributed by atoms with van der Waals surface area (Å²) in [6, 6.07) is 9.57. The molecule has 0 radical (unpaired) electrons. The van der Waals surface area contributed by atoms with Crippen molar-refractivity contribution in [1.29, 1.82) is 5.26 Å². The summed E-state index contributed by atoms with van der Waals surface area (Å²) in [5.74, 6) is 0.105. The van der Waals surface area contributed by atoms with Crippen molar-refractivity contribution in [2.24, 2.45) is 5.92 Å². The van der Waals surface area contributed by atoms with Gasteiger partial charge in [-0.1, -0.05) is 25.1 Å². The number of fused-ring (bicyclic) bond motifs is 2. The van der Waals surface area contributed by atoms with Crippen LogP contribution in [-0.2, 0) is 17.6 Å². The maximum absolute atomic E-state index is 12.6. The van der Waals surface area contributed by atoms with E-state index in [1.807, 2.05) is 30.3 Å². The molecular weight excluding hydrogens is 276 g/mol. The van der Waals surface area contributed by atoms with Gasteiger partial charge in [0, 0.05) is 11.1 Å². The summed E-state index contributed by atoms with van der Waals surface area (Å²) in [7, 11) is 0. The predicted octanol–water partition coefficient (Wildman–Crippen LogP) is 3.43. The fraction of sp³-hybridized carbons (Fsp3) is 0.389. The molecule has 22 heavy (non-hydrogen) atoms. The first kappa shape index (κ1) is 14.5. The second kappa shape index (κ2) is 5.76. The highest BCUT2D eigenvalue weighted by Crippen LogP contribution is 2.32. The molecule has 1 aliphatic rings. The summed E-state index contributed by atoms with van der Waals surface area (Å²) < 4.78 is 5.27. The molecule has 0 N–H and O–H groups in total. The quantitative estimate of drug-likeness (QED) is 0.796. The van der Waals surface area contributed by atoms with Crippen LogP contribution in [0.4, 0.5) is 0 Å². The van der Waals surface area contributed by atoms with Gasteiger partial charge in [0.25, 0.3) is 0 Å². The standard InChI is InChI=1S/C18H18N2O2/c1-11-7-8-16-14(9-11)17(18(21)22-12(2)10-19)13-5-3-4-6-15(13)20-16/h3-6,11-12H,7-9H2,1-2H3/t11-,12+/m0/s1. The Morgan fingerprint density at radius 1 is 1.45 bits per heavy atom. The lowest BCUT2D eigenvalue weighted by Gasteiger charge is -2.24. The lowest BCUT2D eigenvalue weighted by atomic mass is 9.84. The molecule has 1 aliphatic carbocycles. The topological polar surface area (TPSA) is 63.0 Å². The van der Waals surface area contributed by atoms with Crippen LogP contribution in [-0.4, -0.2) is 17.1 Å². The minimum Gasteiger partial charge on any atom is -0.444 e. The van der Waals surface area contributed by atoms with Crippen molar-refractivity contribution in [1.82, 2.24) is 4.98 Å². The van der Waals surface area contributed by atoms with E-state index < -0.39 is 12.1 Å². The van der Waals surface area contributed by atoms with Gasteiger partial charge in [-0.2, -0.15) is 5.26 Å². The second-order valence-corrected chi connectivity index (χ2v) is 5.95. The number of aryl methyl sites for hydroxylation is 1. The van der Waals surface area contributed by atoms with E-state index in [9.17, 15) is 4.79 Å². The van der Waals surface area contributed by atoms with Crippen LogP contribution < -0.4 is 0 Å². The number of para-hydroxylation sites is 1. The fourth-order valence-electron chi connectivity index (χ4n) is 3.04. The van der Waals surface area contributed by atoms with Gasteiger partial charge in [-0.3, -0.25) is 4.98 Å². The Morgan fingerprint density at radius 2 is 2.23 bits per heavy atom. The van der Waals surface area contributed by atoms with Crippen molar-refractivity contribution >= 4 is 16.9 Å². The van der Waals surface area contributed by atoms with Gasteiger partial charge in [-0.15, -0.1) is 0 Å². The van der Waals surface area contributed by atoms with Crippen LogP contribution in [0.15, 0.2) is 24.3 Å². The Kier molecular flexibility index (Phi) is 3.81. The zero-order chi connectivity index (χ0) is 15.7. The van der Waals surface area contributed by atoms with Gasteiger partial charge in [0.2, 0.25) is 0 Å². The van der Waals surface area contributed by atoms with Crippen LogP contribution in [0.5, 0.6) is 0 Å². The zero-order valence-electron chi connectivity index (χ0n) is 12.8. The molecule has 0 unspecified atom stereocenters. The molecule has 0 aliphatic heterocycles.